The van der Waals surface area contributed by atoms with E-state index >= 15 is 0 Å². The molecule has 0 amide bonds. The third-order valence-electron chi connectivity index (χ3n) is 2.87. The second-order valence-corrected chi connectivity index (χ2v) is 4.71. The molecular formula is C12H9BrN4. The van der Waals surface area contributed by atoms with E-state index in [0.29, 0.717) is 5.69 Å². The van der Waals surface area contributed by atoms with E-state index in [-0.39, 0.29) is 0 Å². The molecule has 17 heavy (non-hydrogen) atoms. The summed E-state index contributed by atoms with van der Waals surface area (Å²) in [5, 5.41) is 16.7. The predicted octanol–water partition coefficient (Wildman–Crippen LogP) is 2.11. The molecule has 5 heteroatoms. The summed E-state index contributed by atoms with van der Waals surface area (Å²) in [6.07, 6.45) is 0. The fourth-order valence-electron chi connectivity index (χ4n) is 2.07. The average molecular weight is 289 g/mol. The van der Waals surface area contributed by atoms with E-state index in [9.17, 15) is 0 Å². The van der Waals surface area contributed by atoms with Gasteiger partial charge >= 0.3 is 0 Å². The van der Waals surface area contributed by atoms with Gasteiger partial charge in [-0.05, 0) is 28.1 Å². The number of nitriles is 1. The Morgan fingerprint density at radius 3 is 2.94 bits per heavy atom. The molecule has 0 saturated heterocycles. The summed E-state index contributed by atoms with van der Waals surface area (Å²) in [4.78, 5) is 0. The van der Waals surface area contributed by atoms with Crippen molar-refractivity contribution in [3.05, 3.63) is 45.7 Å². The highest BCUT2D eigenvalue weighted by atomic mass is 79.9. The summed E-state index contributed by atoms with van der Waals surface area (Å²) in [7, 11) is 0. The number of hydrogen-bond donors (Lipinski definition) is 1. The molecule has 0 aliphatic carbocycles. The first kappa shape index (κ1) is 10.5. The van der Waals surface area contributed by atoms with Crippen LogP contribution in [0.3, 0.4) is 0 Å². The van der Waals surface area contributed by atoms with Gasteiger partial charge in [0, 0.05) is 23.1 Å². The van der Waals surface area contributed by atoms with Gasteiger partial charge in [0.05, 0.1) is 11.4 Å². The van der Waals surface area contributed by atoms with Crippen LogP contribution in [0.25, 0.3) is 5.69 Å². The number of benzene rings is 1. The smallest absolute Gasteiger partial charge is 0.167 e. The van der Waals surface area contributed by atoms with Gasteiger partial charge in [-0.15, -0.1) is 0 Å². The van der Waals surface area contributed by atoms with Crippen molar-refractivity contribution in [2.75, 3.05) is 0 Å². The summed E-state index contributed by atoms with van der Waals surface area (Å²) < 4.78 is 2.82. The fourth-order valence-corrected chi connectivity index (χ4v) is 2.52. The van der Waals surface area contributed by atoms with Crippen LogP contribution in [-0.2, 0) is 13.1 Å². The Balaban J connectivity index is 2.24. The minimum atomic E-state index is 0.515. The lowest BCUT2D eigenvalue weighted by Gasteiger charge is -2.07. The van der Waals surface area contributed by atoms with E-state index in [1.54, 1.807) is 0 Å². The van der Waals surface area contributed by atoms with Gasteiger partial charge in [0.25, 0.3) is 0 Å². The number of rotatable bonds is 1. The highest BCUT2D eigenvalue weighted by molar-refractivity contribution is 9.10. The van der Waals surface area contributed by atoms with Crippen LogP contribution in [0.4, 0.5) is 0 Å². The molecule has 1 aromatic heterocycles. The fraction of sp³-hybridized carbons (Fsp3) is 0.167. The zero-order chi connectivity index (χ0) is 11.8. The molecule has 1 aliphatic heterocycles. The third-order valence-corrected chi connectivity index (χ3v) is 3.54. The molecule has 84 valence electrons. The lowest BCUT2D eigenvalue weighted by molar-refractivity contribution is 0.707. The molecule has 0 bridgehead atoms. The van der Waals surface area contributed by atoms with Crippen molar-refractivity contribution in [2.45, 2.75) is 13.1 Å². The number of halogens is 1. The quantitative estimate of drug-likeness (QED) is 0.874. The minimum absolute atomic E-state index is 0.515. The number of nitrogens with zero attached hydrogens (tertiary/aromatic N) is 3. The van der Waals surface area contributed by atoms with Gasteiger partial charge in [-0.25, -0.2) is 4.68 Å². The topological polar surface area (TPSA) is 53.6 Å². The Bertz CT molecular complexity index is 624. The maximum Gasteiger partial charge on any atom is 0.167 e. The van der Waals surface area contributed by atoms with Crippen LogP contribution < -0.4 is 5.32 Å². The van der Waals surface area contributed by atoms with Crippen molar-refractivity contribution in [3.8, 4) is 11.8 Å². The number of aromatic nitrogens is 2. The van der Waals surface area contributed by atoms with E-state index in [2.05, 4.69) is 32.4 Å². The Hall–Kier alpha value is -1.64. The van der Waals surface area contributed by atoms with Crippen molar-refractivity contribution >= 4 is 15.9 Å². The van der Waals surface area contributed by atoms with Gasteiger partial charge in [-0.3, -0.25) is 0 Å². The van der Waals surface area contributed by atoms with Crippen LogP contribution in [0, 0.1) is 11.3 Å². The van der Waals surface area contributed by atoms with Crippen molar-refractivity contribution in [2.24, 2.45) is 0 Å². The molecule has 0 saturated carbocycles. The first-order valence-corrected chi connectivity index (χ1v) is 6.07. The minimum Gasteiger partial charge on any atom is -0.307 e. The predicted molar refractivity (Wildman–Crippen MR) is 66.5 cm³/mol. The zero-order valence-electron chi connectivity index (χ0n) is 8.94. The van der Waals surface area contributed by atoms with Crippen LogP contribution in [0.15, 0.2) is 28.7 Å². The van der Waals surface area contributed by atoms with Crippen LogP contribution in [0.1, 0.15) is 17.0 Å². The van der Waals surface area contributed by atoms with Crippen LogP contribution >= 0.6 is 15.9 Å². The highest BCUT2D eigenvalue weighted by Gasteiger charge is 2.23. The number of fused-ring (bicyclic) bond motifs is 1. The number of nitrogens with one attached hydrogen (secondary N) is 1. The molecule has 1 N–H and O–H groups in total. The van der Waals surface area contributed by atoms with Crippen molar-refractivity contribution in [3.63, 3.8) is 0 Å². The zero-order valence-corrected chi connectivity index (χ0v) is 10.5. The standard InChI is InChI=1S/C12H9BrN4/c13-9-3-1-2-4-11(9)17-12-7-15-6-8(12)10(5-14)16-17/h1-4,15H,6-7H2. The molecule has 2 heterocycles. The highest BCUT2D eigenvalue weighted by Crippen LogP contribution is 2.26. The molecule has 1 aromatic carbocycles. The molecule has 4 nitrogen and oxygen atoms in total. The Morgan fingerprint density at radius 2 is 2.18 bits per heavy atom. The van der Waals surface area contributed by atoms with Gasteiger partial charge in [0.2, 0.25) is 0 Å². The average Bonchev–Trinajstić information content (AvgIpc) is 2.91. The van der Waals surface area contributed by atoms with E-state index in [1.807, 2.05) is 28.9 Å². The number of para-hydroxylation sites is 1. The van der Waals surface area contributed by atoms with Crippen molar-refractivity contribution in [1.82, 2.24) is 15.1 Å². The van der Waals surface area contributed by atoms with Gasteiger partial charge in [0.1, 0.15) is 6.07 Å². The van der Waals surface area contributed by atoms with Gasteiger partial charge in [0.15, 0.2) is 5.69 Å². The lowest BCUT2D eigenvalue weighted by Crippen LogP contribution is -2.08. The second-order valence-electron chi connectivity index (χ2n) is 3.85. The summed E-state index contributed by atoms with van der Waals surface area (Å²) in [5.41, 5.74) is 3.58. The van der Waals surface area contributed by atoms with E-state index in [1.165, 1.54) is 0 Å². The normalized spacial score (nSPS) is 13.4. The van der Waals surface area contributed by atoms with Crippen molar-refractivity contribution in [1.29, 1.82) is 5.26 Å². The lowest BCUT2D eigenvalue weighted by atomic mass is 10.2. The monoisotopic (exact) mass is 288 g/mol. The summed E-state index contributed by atoms with van der Waals surface area (Å²) >= 11 is 3.51. The molecule has 2 aromatic rings. The molecule has 0 fully saturated rings. The van der Waals surface area contributed by atoms with Gasteiger partial charge in [-0.1, -0.05) is 12.1 Å². The third kappa shape index (κ3) is 1.57. The Morgan fingerprint density at radius 1 is 1.35 bits per heavy atom. The molecule has 0 atom stereocenters. The van der Waals surface area contributed by atoms with Crippen LogP contribution in [0.2, 0.25) is 0 Å². The Kier molecular flexibility index (Phi) is 2.46. The maximum atomic E-state index is 9.07. The van der Waals surface area contributed by atoms with E-state index in [0.717, 1.165) is 34.5 Å². The summed E-state index contributed by atoms with van der Waals surface area (Å²) in [6, 6.07) is 10.0. The molecule has 0 unspecified atom stereocenters. The van der Waals surface area contributed by atoms with Gasteiger partial charge in [-0.2, -0.15) is 10.4 Å². The summed E-state index contributed by atoms with van der Waals surface area (Å²) in [5.74, 6) is 0. The van der Waals surface area contributed by atoms with Crippen LogP contribution in [0.5, 0.6) is 0 Å². The first-order chi connectivity index (χ1) is 8.31. The molecule has 0 radical (unpaired) electrons. The summed E-state index contributed by atoms with van der Waals surface area (Å²) in [6.45, 7) is 1.48. The molecule has 1 aliphatic rings. The SMILES string of the molecule is N#Cc1nn(-c2ccccc2Br)c2c1CNC2. The van der Waals surface area contributed by atoms with E-state index < -0.39 is 0 Å². The largest absolute Gasteiger partial charge is 0.307 e. The second kappa shape index (κ2) is 3.99. The van der Waals surface area contributed by atoms with E-state index in [4.69, 9.17) is 5.26 Å². The molecule has 3 rings (SSSR count). The number of hydrogen-bond acceptors (Lipinski definition) is 3. The van der Waals surface area contributed by atoms with Crippen LogP contribution in [-0.4, -0.2) is 9.78 Å². The molecular weight excluding hydrogens is 280 g/mol. The first-order valence-electron chi connectivity index (χ1n) is 5.27. The molecule has 0 spiro atoms. The van der Waals surface area contributed by atoms with Gasteiger partial charge < -0.3 is 5.32 Å². The maximum absolute atomic E-state index is 9.07. The Labute approximate surface area is 107 Å². The van der Waals surface area contributed by atoms with Crippen molar-refractivity contribution < 1.29 is 0 Å².